The number of hydrogen-bond donors (Lipinski definition) is 1. The molecular weight excluding hydrogens is 306 g/mol. The molecule has 112 valence electrons. The maximum Gasteiger partial charge on any atom is 0.162 e. The zero-order chi connectivity index (χ0) is 15.5. The molecule has 0 fully saturated rings. The first-order valence-electron chi connectivity index (χ1n) is 7.18. The first-order chi connectivity index (χ1) is 11.4. The molecule has 3 heterocycles. The molecule has 0 amide bonds. The standard InChI is InChI=1S/C17H13N5S/c1-2-4-15-14(3-1)17(19-9-13-10-23-11-20-13)22-16(21-15)12-5-7-18-8-6-12/h1-8,10-11H,9H2,(H,19,21,22). The molecule has 0 radical (unpaired) electrons. The van der Waals surface area contributed by atoms with Crippen molar-refractivity contribution >= 4 is 28.1 Å². The van der Waals surface area contributed by atoms with E-state index in [2.05, 4.69) is 20.3 Å². The summed E-state index contributed by atoms with van der Waals surface area (Å²) in [5, 5.41) is 6.41. The van der Waals surface area contributed by atoms with Gasteiger partial charge in [0.15, 0.2) is 5.82 Å². The average Bonchev–Trinajstić information content (AvgIpc) is 3.14. The number of rotatable bonds is 4. The third kappa shape index (κ3) is 2.89. The van der Waals surface area contributed by atoms with Crippen molar-refractivity contribution in [1.82, 2.24) is 19.9 Å². The van der Waals surface area contributed by atoms with Gasteiger partial charge in [-0.3, -0.25) is 4.98 Å². The van der Waals surface area contributed by atoms with E-state index in [1.165, 1.54) is 0 Å². The molecule has 5 nitrogen and oxygen atoms in total. The van der Waals surface area contributed by atoms with Crippen LogP contribution in [0.1, 0.15) is 5.69 Å². The van der Waals surface area contributed by atoms with Gasteiger partial charge in [0, 0.05) is 28.7 Å². The Bertz CT molecular complexity index is 922. The number of thiazole rings is 1. The highest BCUT2D eigenvalue weighted by atomic mass is 32.1. The summed E-state index contributed by atoms with van der Waals surface area (Å²) in [5.74, 6) is 1.50. The lowest BCUT2D eigenvalue weighted by atomic mass is 10.2. The largest absolute Gasteiger partial charge is 0.364 e. The third-order valence-corrected chi connectivity index (χ3v) is 4.10. The van der Waals surface area contributed by atoms with Gasteiger partial charge in [0.2, 0.25) is 0 Å². The van der Waals surface area contributed by atoms with E-state index in [1.807, 2.05) is 47.3 Å². The molecular formula is C17H13N5S. The summed E-state index contributed by atoms with van der Waals surface area (Å²) in [5.41, 5.74) is 4.69. The van der Waals surface area contributed by atoms with Gasteiger partial charge in [-0.25, -0.2) is 15.0 Å². The van der Waals surface area contributed by atoms with E-state index in [0.717, 1.165) is 28.0 Å². The Hall–Kier alpha value is -2.86. The molecule has 1 aromatic carbocycles. The van der Waals surface area contributed by atoms with Gasteiger partial charge >= 0.3 is 0 Å². The van der Waals surface area contributed by atoms with Gasteiger partial charge in [0.25, 0.3) is 0 Å². The Kier molecular flexibility index (Phi) is 3.65. The second-order valence-corrected chi connectivity index (χ2v) is 5.70. The van der Waals surface area contributed by atoms with E-state index in [1.54, 1.807) is 23.7 Å². The van der Waals surface area contributed by atoms with Crippen molar-refractivity contribution in [2.75, 3.05) is 5.32 Å². The Morgan fingerprint density at radius 1 is 1.00 bits per heavy atom. The summed E-state index contributed by atoms with van der Waals surface area (Å²) in [4.78, 5) is 17.7. The molecule has 0 atom stereocenters. The minimum atomic E-state index is 0.639. The highest BCUT2D eigenvalue weighted by Crippen LogP contribution is 2.24. The molecule has 3 aromatic heterocycles. The van der Waals surface area contributed by atoms with Crippen LogP contribution in [0.15, 0.2) is 59.7 Å². The number of aromatic nitrogens is 4. The van der Waals surface area contributed by atoms with E-state index in [0.29, 0.717) is 12.4 Å². The van der Waals surface area contributed by atoms with Gasteiger partial charge in [-0.15, -0.1) is 11.3 Å². The van der Waals surface area contributed by atoms with Gasteiger partial charge < -0.3 is 5.32 Å². The van der Waals surface area contributed by atoms with Crippen molar-refractivity contribution in [2.24, 2.45) is 0 Å². The number of nitrogens with zero attached hydrogens (tertiary/aromatic N) is 4. The van der Waals surface area contributed by atoms with Crippen LogP contribution in [0, 0.1) is 0 Å². The lowest BCUT2D eigenvalue weighted by Gasteiger charge is -2.10. The second-order valence-electron chi connectivity index (χ2n) is 4.98. The molecule has 0 aliphatic carbocycles. The van der Waals surface area contributed by atoms with Crippen LogP contribution < -0.4 is 5.32 Å². The van der Waals surface area contributed by atoms with Crippen LogP contribution in [0.25, 0.3) is 22.3 Å². The highest BCUT2D eigenvalue weighted by Gasteiger charge is 2.09. The number of pyridine rings is 1. The van der Waals surface area contributed by atoms with E-state index in [9.17, 15) is 0 Å². The summed E-state index contributed by atoms with van der Waals surface area (Å²) in [7, 11) is 0. The molecule has 23 heavy (non-hydrogen) atoms. The van der Waals surface area contributed by atoms with Crippen molar-refractivity contribution in [3.8, 4) is 11.4 Å². The molecule has 0 aliphatic rings. The van der Waals surface area contributed by atoms with E-state index >= 15 is 0 Å². The summed E-state index contributed by atoms with van der Waals surface area (Å²) in [6, 6.07) is 11.8. The minimum absolute atomic E-state index is 0.639. The monoisotopic (exact) mass is 319 g/mol. The van der Waals surface area contributed by atoms with E-state index in [-0.39, 0.29) is 0 Å². The van der Waals surface area contributed by atoms with Crippen molar-refractivity contribution in [2.45, 2.75) is 6.54 Å². The number of fused-ring (bicyclic) bond motifs is 1. The van der Waals surface area contributed by atoms with Crippen LogP contribution in [0.2, 0.25) is 0 Å². The average molecular weight is 319 g/mol. The quantitative estimate of drug-likeness (QED) is 0.620. The molecule has 4 aromatic rings. The zero-order valence-corrected chi connectivity index (χ0v) is 13.0. The number of benzene rings is 1. The lowest BCUT2D eigenvalue weighted by Crippen LogP contribution is -2.04. The van der Waals surface area contributed by atoms with Crippen LogP contribution in [0.5, 0.6) is 0 Å². The predicted octanol–water partition coefficient (Wildman–Crippen LogP) is 3.76. The predicted molar refractivity (Wildman–Crippen MR) is 92.2 cm³/mol. The van der Waals surface area contributed by atoms with Crippen molar-refractivity contribution in [3.05, 3.63) is 65.4 Å². The summed E-state index contributed by atoms with van der Waals surface area (Å²) >= 11 is 1.59. The van der Waals surface area contributed by atoms with Gasteiger partial charge in [0.1, 0.15) is 5.82 Å². The van der Waals surface area contributed by atoms with Gasteiger partial charge in [-0.05, 0) is 24.3 Å². The summed E-state index contributed by atoms with van der Waals surface area (Å²) in [6.45, 7) is 0.639. The van der Waals surface area contributed by atoms with Crippen molar-refractivity contribution in [1.29, 1.82) is 0 Å². The summed E-state index contributed by atoms with van der Waals surface area (Å²) < 4.78 is 0. The SMILES string of the molecule is c1ccc2c(NCc3cscn3)nc(-c3ccncc3)nc2c1. The van der Waals surface area contributed by atoms with E-state index in [4.69, 9.17) is 4.98 Å². The topological polar surface area (TPSA) is 63.6 Å². The fourth-order valence-electron chi connectivity index (χ4n) is 2.34. The first kappa shape index (κ1) is 13.8. The lowest BCUT2D eigenvalue weighted by molar-refractivity contribution is 1.05. The smallest absolute Gasteiger partial charge is 0.162 e. The van der Waals surface area contributed by atoms with Crippen LogP contribution >= 0.6 is 11.3 Å². The Balaban J connectivity index is 1.77. The molecule has 0 saturated heterocycles. The molecule has 0 saturated carbocycles. The van der Waals surface area contributed by atoms with Crippen LogP contribution in [0.4, 0.5) is 5.82 Å². The molecule has 0 aliphatic heterocycles. The fraction of sp³-hybridized carbons (Fsp3) is 0.0588. The maximum absolute atomic E-state index is 4.70. The van der Waals surface area contributed by atoms with Gasteiger partial charge in [-0.2, -0.15) is 0 Å². The third-order valence-electron chi connectivity index (χ3n) is 3.46. The number of hydrogen-bond acceptors (Lipinski definition) is 6. The molecule has 6 heteroatoms. The van der Waals surface area contributed by atoms with Gasteiger partial charge in [0.05, 0.1) is 23.3 Å². The van der Waals surface area contributed by atoms with Gasteiger partial charge in [-0.1, -0.05) is 12.1 Å². The number of nitrogens with one attached hydrogen (secondary N) is 1. The Morgan fingerprint density at radius 2 is 1.87 bits per heavy atom. The molecule has 1 N–H and O–H groups in total. The zero-order valence-electron chi connectivity index (χ0n) is 12.2. The summed E-state index contributed by atoms with van der Waals surface area (Å²) in [6.07, 6.45) is 3.49. The first-order valence-corrected chi connectivity index (χ1v) is 8.12. The van der Waals surface area contributed by atoms with E-state index < -0.39 is 0 Å². The molecule has 4 rings (SSSR count). The van der Waals surface area contributed by atoms with Crippen LogP contribution in [-0.4, -0.2) is 19.9 Å². The maximum atomic E-state index is 4.70. The minimum Gasteiger partial charge on any atom is -0.364 e. The van der Waals surface area contributed by atoms with Crippen LogP contribution in [0.3, 0.4) is 0 Å². The number of anilines is 1. The number of para-hydroxylation sites is 1. The Morgan fingerprint density at radius 3 is 2.70 bits per heavy atom. The second kappa shape index (κ2) is 6.10. The van der Waals surface area contributed by atoms with Crippen molar-refractivity contribution in [3.63, 3.8) is 0 Å². The Labute approximate surface area is 137 Å². The highest BCUT2D eigenvalue weighted by molar-refractivity contribution is 7.07. The normalized spacial score (nSPS) is 10.8. The van der Waals surface area contributed by atoms with Crippen molar-refractivity contribution < 1.29 is 0 Å². The molecule has 0 unspecified atom stereocenters. The van der Waals surface area contributed by atoms with Crippen LogP contribution in [-0.2, 0) is 6.54 Å². The fourth-order valence-corrected chi connectivity index (χ4v) is 2.90. The molecule has 0 bridgehead atoms. The molecule has 0 spiro atoms.